The number of hydrogen-bond donors (Lipinski definition) is 1. The lowest BCUT2D eigenvalue weighted by Crippen LogP contribution is -2.47. The van der Waals surface area contributed by atoms with Crippen molar-refractivity contribution in [3.8, 4) is 0 Å². The number of piperidine rings is 2. The van der Waals surface area contributed by atoms with Crippen molar-refractivity contribution in [3.63, 3.8) is 0 Å². The van der Waals surface area contributed by atoms with E-state index < -0.39 is 11.8 Å². The van der Waals surface area contributed by atoms with Crippen molar-refractivity contribution in [2.24, 2.45) is 0 Å². The molecular weight excluding hydrogens is 328 g/mol. The zero-order valence-electron chi connectivity index (χ0n) is 15.9. The second kappa shape index (κ2) is 8.54. The van der Waals surface area contributed by atoms with Crippen LogP contribution in [0.4, 0.5) is 11.4 Å². The van der Waals surface area contributed by atoms with Gasteiger partial charge in [-0.15, -0.1) is 0 Å². The Morgan fingerprint density at radius 1 is 1.00 bits per heavy atom. The van der Waals surface area contributed by atoms with E-state index in [4.69, 9.17) is 0 Å². The summed E-state index contributed by atoms with van der Waals surface area (Å²) in [5.74, 6) is -1.02. The summed E-state index contributed by atoms with van der Waals surface area (Å²) in [7, 11) is 3.82. The van der Waals surface area contributed by atoms with E-state index in [1.54, 1.807) is 11.9 Å². The molecular formula is C20H30N4O2. The van der Waals surface area contributed by atoms with Crippen molar-refractivity contribution in [1.29, 1.82) is 0 Å². The molecule has 0 spiro atoms. The van der Waals surface area contributed by atoms with E-state index in [1.807, 2.05) is 24.3 Å². The van der Waals surface area contributed by atoms with E-state index in [2.05, 4.69) is 22.2 Å². The Hall–Kier alpha value is -2.08. The zero-order chi connectivity index (χ0) is 18.5. The van der Waals surface area contributed by atoms with Crippen LogP contribution in [0.3, 0.4) is 0 Å². The fourth-order valence-electron chi connectivity index (χ4n) is 3.80. The number of nitrogens with one attached hydrogen (secondary N) is 1. The molecule has 0 radical (unpaired) electrons. The van der Waals surface area contributed by atoms with Gasteiger partial charge < -0.3 is 20.0 Å². The molecule has 2 saturated heterocycles. The lowest BCUT2D eigenvalue weighted by atomic mass is 10.0. The van der Waals surface area contributed by atoms with E-state index in [1.165, 1.54) is 24.9 Å². The average Bonchev–Trinajstić information content (AvgIpc) is 2.68. The molecule has 0 bridgehead atoms. The number of nitrogens with zero attached hydrogens (tertiary/aromatic N) is 3. The summed E-state index contributed by atoms with van der Waals surface area (Å²) in [6.45, 7) is 4.10. The molecule has 1 aromatic rings. The first-order valence-electron chi connectivity index (χ1n) is 9.66. The van der Waals surface area contributed by atoms with Gasteiger partial charge in [0.25, 0.3) is 0 Å². The monoisotopic (exact) mass is 358 g/mol. The standard InChI is InChI=1S/C20H30N4O2/c1-22-14-10-17(11-15-22)23(2)20(26)19(25)21-16-6-8-18(9-7-16)24-12-4-3-5-13-24/h6-9,17H,3-5,10-15H2,1-2H3,(H,21,25). The van der Waals surface area contributed by atoms with Gasteiger partial charge >= 0.3 is 11.8 Å². The summed E-state index contributed by atoms with van der Waals surface area (Å²) < 4.78 is 0. The molecule has 2 aliphatic heterocycles. The summed E-state index contributed by atoms with van der Waals surface area (Å²) in [5, 5.41) is 2.74. The molecule has 142 valence electrons. The first-order chi connectivity index (χ1) is 12.5. The van der Waals surface area contributed by atoms with Crippen molar-refractivity contribution in [2.75, 3.05) is 50.5 Å². The quantitative estimate of drug-likeness (QED) is 0.842. The second-order valence-corrected chi connectivity index (χ2v) is 7.50. The lowest BCUT2D eigenvalue weighted by molar-refractivity contribution is -0.144. The molecule has 0 aromatic heterocycles. The Bertz CT molecular complexity index is 617. The molecule has 0 atom stereocenters. The average molecular weight is 358 g/mol. The number of benzene rings is 1. The van der Waals surface area contributed by atoms with Gasteiger partial charge in [-0.2, -0.15) is 0 Å². The van der Waals surface area contributed by atoms with Gasteiger partial charge in [-0.05, 0) is 76.5 Å². The normalized spacial score (nSPS) is 19.2. The number of carbonyl (C=O) groups is 2. The topological polar surface area (TPSA) is 55.9 Å². The van der Waals surface area contributed by atoms with E-state index in [0.717, 1.165) is 39.0 Å². The van der Waals surface area contributed by atoms with Crippen molar-refractivity contribution < 1.29 is 9.59 Å². The number of rotatable bonds is 3. The highest BCUT2D eigenvalue weighted by Crippen LogP contribution is 2.22. The highest BCUT2D eigenvalue weighted by Gasteiger charge is 2.27. The molecule has 0 unspecified atom stereocenters. The van der Waals surface area contributed by atoms with Gasteiger partial charge in [0, 0.05) is 37.6 Å². The van der Waals surface area contributed by atoms with Gasteiger partial charge in [0.2, 0.25) is 0 Å². The largest absolute Gasteiger partial charge is 0.372 e. The van der Waals surface area contributed by atoms with E-state index in [9.17, 15) is 9.59 Å². The Labute approximate surface area is 156 Å². The molecule has 2 aliphatic rings. The number of carbonyl (C=O) groups excluding carboxylic acids is 2. The van der Waals surface area contributed by atoms with Crippen LogP contribution in [-0.2, 0) is 9.59 Å². The molecule has 26 heavy (non-hydrogen) atoms. The number of anilines is 2. The van der Waals surface area contributed by atoms with Crippen molar-refractivity contribution in [3.05, 3.63) is 24.3 Å². The van der Waals surface area contributed by atoms with Crippen molar-refractivity contribution in [1.82, 2.24) is 9.80 Å². The third kappa shape index (κ3) is 4.55. The summed E-state index contributed by atoms with van der Waals surface area (Å²) >= 11 is 0. The van der Waals surface area contributed by atoms with E-state index >= 15 is 0 Å². The molecule has 6 heteroatoms. The molecule has 3 rings (SSSR count). The maximum absolute atomic E-state index is 12.4. The molecule has 1 aromatic carbocycles. The molecule has 2 fully saturated rings. The van der Waals surface area contributed by atoms with Crippen LogP contribution >= 0.6 is 0 Å². The van der Waals surface area contributed by atoms with Crippen LogP contribution in [-0.4, -0.2) is 67.9 Å². The second-order valence-electron chi connectivity index (χ2n) is 7.50. The number of hydrogen-bond acceptors (Lipinski definition) is 4. The Morgan fingerprint density at radius 2 is 1.62 bits per heavy atom. The summed E-state index contributed by atoms with van der Waals surface area (Å²) in [6.07, 6.45) is 5.59. The van der Waals surface area contributed by atoms with E-state index in [0.29, 0.717) is 5.69 Å². The van der Waals surface area contributed by atoms with Crippen molar-refractivity contribution >= 4 is 23.2 Å². The molecule has 0 aliphatic carbocycles. The predicted molar refractivity (Wildman–Crippen MR) is 104 cm³/mol. The SMILES string of the molecule is CN1CCC(N(C)C(=O)C(=O)Nc2ccc(N3CCCCC3)cc2)CC1. The predicted octanol–water partition coefficient (Wildman–Crippen LogP) is 2.17. The van der Waals surface area contributed by atoms with E-state index in [-0.39, 0.29) is 6.04 Å². The molecule has 2 amide bonds. The van der Waals surface area contributed by atoms with Gasteiger partial charge in [-0.25, -0.2) is 0 Å². The number of likely N-dealkylation sites (tertiary alicyclic amines) is 1. The van der Waals surface area contributed by atoms with Gasteiger partial charge in [-0.1, -0.05) is 0 Å². The summed E-state index contributed by atoms with van der Waals surface area (Å²) in [5.41, 5.74) is 1.85. The first kappa shape index (κ1) is 18.7. The van der Waals surface area contributed by atoms with Crippen LogP contribution in [0.25, 0.3) is 0 Å². The van der Waals surface area contributed by atoms with Crippen LogP contribution in [0.2, 0.25) is 0 Å². The van der Waals surface area contributed by atoms with Gasteiger partial charge in [-0.3, -0.25) is 9.59 Å². The molecule has 2 heterocycles. The minimum absolute atomic E-state index is 0.144. The van der Waals surface area contributed by atoms with Gasteiger partial charge in [0.15, 0.2) is 0 Å². The van der Waals surface area contributed by atoms with Gasteiger partial charge in [0.1, 0.15) is 0 Å². The zero-order valence-corrected chi connectivity index (χ0v) is 15.9. The molecule has 0 saturated carbocycles. The first-order valence-corrected chi connectivity index (χ1v) is 9.66. The number of likely N-dealkylation sites (N-methyl/N-ethyl adjacent to an activating group) is 1. The fourth-order valence-corrected chi connectivity index (χ4v) is 3.80. The Balaban J connectivity index is 1.54. The van der Waals surface area contributed by atoms with Crippen LogP contribution in [0.5, 0.6) is 0 Å². The van der Waals surface area contributed by atoms with Crippen LogP contribution in [0.15, 0.2) is 24.3 Å². The minimum atomic E-state index is -0.558. The lowest BCUT2D eigenvalue weighted by Gasteiger charge is -2.34. The third-order valence-electron chi connectivity index (χ3n) is 5.60. The maximum Gasteiger partial charge on any atom is 0.313 e. The highest BCUT2D eigenvalue weighted by molar-refractivity contribution is 6.39. The van der Waals surface area contributed by atoms with Gasteiger partial charge in [0.05, 0.1) is 0 Å². The highest BCUT2D eigenvalue weighted by atomic mass is 16.2. The summed E-state index contributed by atoms with van der Waals surface area (Å²) in [6, 6.07) is 7.94. The van der Waals surface area contributed by atoms with Crippen LogP contribution in [0, 0.1) is 0 Å². The maximum atomic E-state index is 12.4. The molecule has 6 nitrogen and oxygen atoms in total. The summed E-state index contributed by atoms with van der Waals surface area (Å²) in [4.78, 5) is 31.0. The minimum Gasteiger partial charge on any atom is -0.372 e. The Morgan fingerprint density at radius 3 is 2.23 bits per heavy atom. The third-order valence-corrected chi connectivity index (χ3v) is 5.60. The van der Waals surface area contributed by atoms with Crippen LogP contribution < -0.4 is 10.2 Å². The van der Waals surface area contributed by atoms with Crippen LogP contribution in [0.1, 0.15) is 32.1 Å². The Kier molecular flexibility index (Phi) is 6.14. The number of amides is 2. The fraction of sp³-hybridized carbons (Fsp3) is 0.600. The van der Waals surface area contributed by atoms with Crippen molar-refractivity contribution in [2.45, 2.75) is 38.1 Å². The molecule has 1 N–H and O–H groups in total. The smallest absolute Gasteiger partial charge is 0.313 e.